The summed E-state index contributed by atoms with van der Waals surface area (Å²) in [6.45, 7) is 3.26. The van der Waals surface area contributed by atoms with Gasteiger partial charge in [0.2, 0.25) is 5.91 Å². The van der Waals surface area contributed by atoms with Gasteiger partial charge in [0.15, 0.2) is 5.12 Å². The van der Waals surface area contributed by atoms with Gasteiger partial charge in [-0.05, 0) is 19.1 Å². The van der Waals surface area contributed by atoms with Gasteiger partial charge in [-0.15, -0.1) is 0 Å². The van der Waals surface area contributed by atoms with E-state index < -0.39 is 5.54 Å². The third-order valence-corrected chi connectivity index (χ3v) is 3.41. The maximum absolute atomic E-state index is 11.8. The first-order valence-electron chi connectivity index (χ1n) is 4.54. The molecule has 0 atom stereocenters. The van der Waals surface area contributed by atoms with Crippen molar-refractivity contribution in [1.82, 2.24) is 5.27 Å². The van der Waals surface area contributed by atoms with Crippen molar-refractivity contribution in [3.63, 3.8) is 0 Å². The Morgan fingerprint density at radius 1 is 1.62 bits per heavy atom. The van der Waals surface area contributed by atoms with Gasteiger partial charge in [0, 0.05) is 0 Å². The molecule has 2 rings (SSSR count). The number of thioether (sulfide) groups is 1. The average Bonchev–Trinajstić information content (AvgIpc) is 2.59. The van der Waals surface area contributed by atoms with Crippen LogP contribution in [0, 0.1) is 5.41 Å². The summed E-state index contributed by atoms with van der Waals surface area (Å²) in [4.78, 5) is 24.6. The van der Waals surface area contributed by atoms with E-state index in [1.807, 2.05) is 0 Å². The van der Waals surface area contributed by atoms with Crippen molar-refractivity contribution in [1.29, 1.82) is 5.41 Å². The van der Waals surface area contributed by atoms with Crippen LogP contribution < -0.4 is 20.6 Å². The van der Waals surface area contributed by atoms with E-state index in [1.165, 1.54) is 11.2 Å². The van der Waals surface area contributed by atoms with E-state index in [0.717, 1.165) is 16.6 Å². The Morgan fingerprint density at radius 2 is 2.31 bits per heavy atom. The number of rotatable bonds is 1. The second-order valence-corrected chi connectivity index (χ2v) is 4.78. The highest BCUT2D eigenvalue weighted by Gasteiger charge is 2.43. The molecule has 1 aromatic rings. The Morgan fingerprint density at radius 3 is 2.88 bits per heavy atom. The quantitative estimate of drug-likeness (QED) is 0.606. The Labute approximate surface area is 94.8 Å². The lowest BCUT2D eigenvalue weighted by Gasteiger charge is -2.38. The largest absolute Gasteiger partial charge is 0.380 e. The molecule has 86 valence electrons. The summed E-state index contributed by atoms with van der Waals surface area (Å²) in [7, 11) is 0. The van der Waals surface area contributed by atoms with Gasteiger partial charge in [0.05, 0.1) is 11.3 Å². The van der Waals surface area contributed by atoms with Crippen LogP contribution >= 0.6 is 11.8 Å². The van der Waals surface area contributed by atoms with Crippen LogP contribution in [0.4, 0.5) is 0 Å². The summed E-state index contributed by atoms with van der Waals surface area (Å²) in [5.41, 5.74) is -1.16. The summed E-state index contributed by atoms with van der Waals surface area (Å²) in [6.07, 6.45) is 1.24. The molecule has 0 aromatic carbocycles. The predicted molar refractivity (Wildman–Crippen MR) is 52.8 cm³/mol. The molecule has 1 aliphatic heterocycles. The van der Waals surface area contributed by atoms with E-state index in [0.29, 0.717) is 0 Å². The topological polar surface area (TPSA) is 92.4 Å². The number of hydrogen-bond donors (Lipinski definition) is 1. The van der Waals surface area contributed by atoms with Crippen LogP contribution in [0.1, 0.15) is 13.8 Å². The van der Waals surface area contributed by atoms with Crippen LogP contribution in [0.15, 0.2) is 10.7 Å². The molecule has 16 heavy (non-hydrogen) atoms. The molecule has 0 saturated carbocycles. The fourth-order valence-corrected chi connectivity index (χ4v) is 2.28. The van der Waals surface area contributed by atoms with Gasteiger partial charge < -0.3 is 4.52 Å². The van der Waals surface area contributed by atoms with Crippen molar-refractivity contribution in [2.24, 2.45) is 0 Å². The molecule has 0 unspecified atom stereocenters. The molecule has 0 bridgehead atoms. The van der Waals surface area contributed by atoms with E-state index in [2.05, 4.69) is 9.79 Å². The zero-order valence-electron chi connectivity index (χ0n) is 8.76. The number of aromatic nitrogens is 2. The summed E-state index contributed by atoms with van der Waals surface area (Å²) in [6, 6.07) is 0. The summed E-state index contributed by atoms with van der Waals surface area (Å²) in [5, 5.41) is 11.8. The van der Waals surface area contributed by atoms with Gasteiger partial charge in [-0.1, -0.05) is 16.6 Å². The van der Waals surface area contributed by atoms with Crippen molar-refractivity contribution >= 4 is 22.8 Å². The molecule has 0 aliphatic carbocycles. The van der Waals surface area contributed by atoms with Crippen molar-refractivity contribution in [3.8, 4) is 0 Å². The number of hydrogen-bond acceptors (Lipinski definition) is 5. The predicted octanol–water partition coefficient (Wildman–Crippen LogP) is -1.48. The van der Waals surface area contributed by atoms with E-state index in [-0.39, 0.29) is 22.3 Å². The standard InChI is InChI=1S/C8H10N4O3S/c1-8(2)7(14)16-4-6(13)12(8)11-3-5(9)15-10-11/h3,9H,4H2,1-2H3. The number of nitrogens with zero attached hydrogens (tertiary/aromatic N) is 3. The van der Waals surface area contributed by atoms with E-state index in [1.54, 1.807) is 13.8 Å². The first-order chi connectivity index (χ1) is 7.43. The molecule has 1 saturated heterocycles. The third-order valence-electron chi connectivity index (χ3n) is 2.25. The highest BCUT2D eigenvalue weighted by atomic mass is 32.2. The van der Waals surface area contributed by atoms with Crippen LogP contribution in [0.5, 0.6) is 0 Å². The fourth-order valence-electron chi connectivity index (χ4n) is 1.47. The van der Waals surface area contributed by atoms with Gasteiger partial charge in [0.1, 0.15) is 0 Å². The van der Waals surface area contributed by atoms with Crippen molar-refractivity contribution in [2.75, 3.05) is 10.8 Å². The Balaban J connectivity index is 2.47. The van der Waals surface area contributed by atoms with Gasteiger partial charge in [-0.25, -0.2) is 0 Å². The molecule has 1 N–H and O–H groups in total. The summed E-state index contributed by atoms with van der Waals surface area (Å²) in [5.74, 6) is -0.164. The highest BCUT2D eigenvalue weighted by molar-refractivity contribution is 8.14. The molecule has 1 amide bonds. The second-order valence-electron chi connectivity index (χ2n) is 3.83. The number of carbonyl (C=O) groups excluding carboxylic acids is 2. The van der Waals surface area contributed by atoms with Crippen LogP contribution in [0.2, 0.25) is 0 Å². The molecule has 1 fully saturated rings. The molecule has 0 radical (unpaired) electrons. The Bertz CT molecular complexity index is 503. The smallest absolute Gasteiger partial charge is 0.286 e. The molecule has 0 spiro atoms. The van der Waals surface area contributed by atoms with Crippen LogP contribution in [-0.4, -0.2) is 22.3 Å². The monoisotopic (exact) mass is 242 g/mol. The minimum atomic E-state index is -0.992. The van der Waals surface area contributed by atoms with Crippen LogP contribution in [0.25, 0.3) is 0 Å². The fraction of sp³-hybridized carbons (Fsp3) is 0.500. The molecular formula is C8H10N4O3S. The van der Waals surface area contributed by atoms with E-state index in [9.17, 15) is 9.59 Å². The van der Waals surface area contributed by atoms with Gasteiger partial charge in [-0.3, -0.25) is 15.0 Å². The zero-order valence-corrected chi connectivity index (χ0v) is 9.58. The SMILES string of the molecule is CC1(C)C(=O)SCC(=O)N1[n+]1cc(=N)o[n-]1. The Hall–Kier alpha value is -1.57. The van der Waals surface area contributed by atoms with Crippen molar-refractivity contribution in [3.05, 3.63) is 11.8 Å². The van der Waals surface area contributed by atoms with E-state index in [4.69, 9.17) is 5.41 Å². The minimum Gasteiger partial charge on any atom is -0.380 e. The third kappa shape index (κ3) is 1.54. The minimum absolute atomic E-state index is 0.0788. The highest BCUT2D eigenvalue weighted by Crippen LogP contribution is 2.24. The van der Waals surface area contributed by atoms with E-state index >= 15 is 0 Å². The molecule has 1 aromatic heterocycles. The number of carbonyl (C=O) groups is 2. The lowest BCUT2D eigenvalue weighted by atomic mass is 10.1. The maximum atomic E-state index is 11.8. The zero-order chi connectivity index (χ0) is 11.9. The molecular weight excluding hydrogens is 232 g/mol. The van der Waals surface area contributed by atoms with Crippen LogP contribution in [0.3, 0.4) is 0 Å². The first-order valence-corrected chi connectivity index (χ1v) is 5.52. The van der Waals surface area contributed by atoms with Crippen molar-refractivity contribution < 1.29 is 18.9 Å². The molecule has 7 nitrogen and oxygen atoms in total. The van der Waals surface area contributed by atoms with Gasteiger partial charge >= 0.3 is 0 Å². The lowest BCUT2D eigenvalue weighted by molar-refractivity contribution is -0.759. The second kappa shape index (κ2) is 3.48. The molecule has 1 aliphatic rings. The molecule has 2 heterocycles. The van der Waals surface area contributed by atoms with Gasteiger partial charge in [0.25, 0.3) is 11.8 Å². The first kappa shape index (κ1) is 10.9. The average molecular weight is 242 g/mol. The van der Waals surface area contributed by atoms with Gasteiger partial charge in [-0.2, -0.15) is 5.01 Å². The molecule has 8 heteroatoms. The van der Waals surface area contributed by atoms with Crippen molar-refractivity contribution in [2.45, 2.75) is 19.4 Å². The lowest BCUT2D eigenvalue weighted by Crippen LogP contribution is -2.75. The number of nitrogens with one attached hydrogen (secondary N) is 1. The maximum Gasteiger partial charge on any atom is 0.286 e. The van der Waals surface area contributed by atoms with Crippen LogP contribution in [-0.2, 0) is 9.59 Å². The number of amides is 1. The summed E-state index contributed by atoms with van der Waals surface area (Å²) >= 11 is 0.990. The normalized spacial score (nSPS) is 20.2. The Kier molecular flexibility index (Phi) is 2.38. The summed E-state index contributed by atoms with van der Waals surface area (Å²) < 4.78 is 4.56.